The van der Waals surface area contributed by atoms with E-state index in [2.05, 4.69) is 67.0 Å². The Hall–Kier alpha value is -5.33. The Labute approximate surface area is 311 Å². The number of imidazole rings is 2. The van der Waals surface area contributed by atoms with Crippen molar-refractivity contribution in [3.05, 3.63) is 78.1 Å². The molecule has 1 N–H and O–H groups in total. The SMILES string of the molecule is CCCn1cnc(N(C)c2ccncc2)c2nc(C3CC3)nc1-2.CCN=c1ncn(Cc2ccc(OC)c(OC3CCCC3)c2)c2nc(C(C)C)[nH]c12. The number of aromatic nitrogens is 9. The van der Waals surface area contributed by atoms with Gasteiger partial charge in [0.05, 0.1) is 32.4 Å². The maximum atomic E-state index is 6.26. The molecule has 3 aromatic heterocycles. The lowest BCUT2D eigenvalue weighted by Crippen LogP contribution is -2.16. The average Bonchev–Trinajstić information content (AvgIpc) is 3.50. The van der Waals surface area contributed by atoms with E-state index in [9.17, 15) is 0 Å². The van der Waals surface area contributed by atoms with Crippen molar-refractivity contribution in [3.63, 3.8) is 0 Å². The van der Waals surface area contributed by atoms with Crippen LogP contribution in [0.15, 0.2) is 60.4 Å². The monoisotopic (exact) mass is 717 g/mol. The third kappa shape index (κ3) is 8.03. The Morgan fingerprint density at radius 2 is 1.72 bits per heavy atom. The Kier molecular flexibility index (Phi) is 11.0. The zero-order valence-corrected chi connectivity index (χ0v) is 31.8. The number of rotatable bonds is 12. The Bertz CT molecular complexity index is 2160. The van der Waals surface area contributed by atoms with E-state index in [1.54, 1.807) is 19.5 Å². The van der Waals surface area contributed by atoms with Crippen LogP contribution in [0.3, 0.4) is 0 Å². The molecule has 0 atom stereocenters. The van der Waals surface area contributed by atoms with Crippen molar-refractivity contribution in [3.8, 4) is 23.0 Å². The summed E-state index contributed by atoms with van der Waals surface area (Å²) in [5, 5.41) is 0. The maximum absolute atomic E-state index is 6.26. The molecule has 0 bridgehead atoms. The summed E-state index contributed by atoms with van der Waals surface area (Å²) >= 11 is 0. The number of nitrogens with one attached hydrogen (secondary N) is 1. The lowest BCUT2D eigenvalue weighted by atomic mass is 10.2. The quantitative estimate of drug-likeness (QED) is 0.137. The van der Waals surface area contributed by atoms with Crippen molar-refractivity contribution in [1.82, 2.24) is 44.0 Å². The van der Waals surface area contributed by atoms with Gasteiger partial charge in [0.1, 0.15) is 17.2 Å². The van der Waals surface area contributed by atoms with Crippen molar-refractivity contribution in [2.24, 2.45) is 4.99 Å². The molecule has 13 heteroatoms. The second kappa shape index (κ2) is 16.1. The van der Waals surface area contributed by atoms with E-state index in [0.717, 1.165) is 88.7 Å². The van der Waals surface area contributed by atoms with E-state index in [0.29, 0.717) is 30.4 Å². The minimum Gasteiger partial charge on any atom is -0.493 e. The van der Waals surface area contributed by atoms with Gasteiger partial charge in [-0.1, -0.05) is 26.8 Å². The Morgan fingerprint density at radius 1 is 0.943 bits per heavy atom. The molecular formula is C40H51N11O2. The molecule has 0 amide bonds. The molecule has 53 heavy (non-hydrogen) atoms. The third-order valence-electron chi connectivity index (χ3n) is 9.79. The van der Waals surface area contributed by atoms with Gasteiger partial charge in [0.15, 0.2) is 40.0 Å². The molecule has 1 aromatic carbocycles. The number of anilines is 2. The molecule has 2 aliphatic heterocycles. The standard InChI is InChI=1S/C23H31N5O2.C17H20N6/c1-5-24-22-20-23(27-21(26-20)15(2)3)28(14-25-22)13-16-10-11-18(29-4)19(12-16)30-17-8-6-7-9-17;1-3-10-23-11-19-16(22(2)13-6-8-18-9-7-13)14-17(23)21-15(20-14)12-4-5-12/h10-12,14-15,17H,5-9,13H2,1-4H3,(H,26,27);6-9,11-12H,3-5,10H2,1-2H3. The zero-order valence-electron chi connectivity index (χ0n) is 31.8. The van der Waals surface area contributed by atoms with Crippen molar-refractivity contribution in [2.75, 3.05) is 25.6 Å². The lowest BCUT2D eigenvalue weighted by Gasteiger charge is -2.21. The first-order valence-electron chi connectivity index (χ1n) is 19.0. The van der Waals surface area contributed by atoms with Gasteiger partial charge in [-0.15, -0.1) is 0 Å². The van der Waals surface area contributed by atoms with Gasteiger partial charge in [0, 0.05) is 50.1 Å². The van der Waals surface area contributed by atoms with E-state index in [4.69, 9.17) is 24.4 Å². The van der Waals surface area contributed by atoms with Crippen LogP contribution in [0, 0.1) is 0 Å². The smallest absolute Gasteiger partial charge is 0.176 e. The van der Waals surface area contributed by atoms with E-state index in [1.165, 1.54) is 25.7 Å². The van der Waals surface area contributed by atoms with E-state index in [-0.39, 0.29) is 6.10 Å². The van der Waals surface area contributed by atoms with Gasteiger partial charge in [0.25, 0.3) is 0 Å². The van der Waals surface area contributed by atoms with Gasteiger partial charge in [-0.2, -0.15) is 0 Å². The summed E-state index contributed by atoms with van der Waals surface area (Å²) in [5.41, 5.74) is 5.52. The number of aromatic amines is 1. The first-order valence-corrected chi connectivity index (χ1v) is 19.0. The summed E-state index contributed by atoms with van der Waals surface area (Å²) in [6, 6.07) is 10.1. The van der Waals surface area contributed by atoms with Crippen LogP contribution in [-0.4, -0.2) is 70.8 Å². The van der Waals surface area contributed by atoms with Gasteiger partial charge in [-0.05, 0) is 81.7 Å². The zero-order chi connectivity index (χ0) is 36.9. The number of methoxy groups -OCH3 is 1. The molecule has 0 unspecified atom stereocenters. The predicted octanol–water partition coefficient (Wildman–Crippen LogP) is 7.41. The fourth-order valence-corrected chi connectivity index (χ4v) is 6.75. The van der Waals surface area contributed by atoms with E-state index >= 15 is 0 Å². The summed E-state index contributed by atoms with van der Waals surface area (Å²) in [6.07, 6.45) is 15.7. The molecule has 2 saturated carbocycles. The number of benzene rings is 1. The molecule has 5 heterocycles. The number of H-pyrrole nitrogens is 1. The summed E-state index contributed by atoms with van der Waals surface area (Å²) in [5.74, 6) is 6.13. The highest BCUT2D eigenvalue weighted by atomic mass is 16.5. The summed E-state index contributed by atoms with van der Waals surface area (Å²) in [7, 11) is 3.69. The normalized spacial score (nSPS) is 15.0. The van der Waals surface area contributed by atoms with Crippen LogP contribution >= 0.6 is 0 Å². The minimum atomic E-state index is 0.282. The maximum Gasteiger partial charge on any atom is 0.176 e. The molecule has 0 saturated heterocycles. The Morgan fingerprint density at radius 3 is 2.42 bits per heavy atom. The second-order valence-corrected chi connectivity index (χ2v) is 14.2. The molecule has 2 fully saturated rings. The van der Waals surface area contributed by atoms with Crippen LogP contribution in [0.5, 0.6) is 11.5 Å². The summed E-state index contributed by atoms with van der Waals surface area (Å²) in [4.78, 5) is 37.8. The molecular weight excluding hydrogens is 667 g/mol. The molecule has 13 nitrogen and oxygen atoms in total. The number of ether oxygens (including phenoxy) is 2. The van der Waals surface area contributed by atoms with Crippen LogP contribution in [0.2, 0.25) is 0 Å². The lowest BCUT2D eigenvalue weighted by molar-refractivity contribution is 0.200. The molecule has 4 aliphatic rings. The van der Waals surface area contributed by atoms with Crippen molar-refractivity contribution >= 4 is 22.7 Å². The van der Waals surface area contributed by atoms with Gasteiger partial charge >= 0.3 is 0 Å². The fraction of sp³-hybridized carbons (Fsp3) is 0.475. The van der Waals surface area contributed by atoms with Crippen molar-refractivity contribution in [2.45, 2.75) is 104 Å². The highest BCUT2D eigenvalue weighted by molar-refractivity contribution is 5.74. The van der Waals surface area contributed by atoms with Crippen molar-refractivity contribution in [1.29, 1.82) is 0 Å². The highest BCUT2D eigenvalue weighted by Gasteiger charge is 2.32. The number of hydrogen-bond donors (Lipinski definition) is 1. The summed E-state index contributed by atoms with van der Waals surface area (Å²) < 4.78 is 16.0. The van der Waals surface area contributed by atoms with Crippen LogP contribution in [-0.2, 0) is 13.1 Å². The number of pyridine rings is 1. The molecule has 8 rings (SSSR count). The number of aryl methyl sites for hydroxylation is 1. The van der Waals surface area contributed by atoms with Crippen LogP contribution < -0.4 is 19.9 Å². The first-order chi connectivity index (χ1) is 25.9. The number of fused-ring (bicyclic) bond motifs is 2. The van der Waals surface area contributed by atoms with Gasteiger partial charge in [0.2, 0.25) is 0 Å². The van der Waals surface area contributed by atoms with Gasteiger partial charge < -0.3 is 28.5 Å². The molecule has 2 aliphatic carbocycles. The van der Waals surface area contributed by atoms with E-state index < -0.39 is 0 Å². The fourth-order valence-electron chi connectivity index (χ4n) is 6.75. The topological polar surface area (TPSA) is 137 Å². The first kappa shape index (κ1) is 36.0. The third-order valence-corrected chi connectivity index (χ3v) is 9.79. The molecule has 0 spiro atoms. The minimum absolute atomic E-state index is 0.282. The van der Waals surface area contributed by atoms with Crippen LogP contribution in [0.4, 0.5) is 11.5 Å². The largest absolute Gasteiger partial charge is 0.493 e. The number of nitrogens with zero attached hydrogens (tertiary/aromatic N) is 10. The van der Waals surface area contributed by atoms with Crippen molar-refractivity contribution < 1.29 is 9.47 Å². The van der Waals surface area contributed by atoms with E-state index in [1.807, 2.05) is 49.7 Å². The molecule has 0 radical (unpaired) electrons. The van der Waals surface area contributed by atoms with Crippen LogP contribution in [0.25, 0.3) is 22.7 Å². The predicted molar refractivity (Wildman–Crippen MR) is 206 cm³/mol. The average molecular weight is 718 g/mol. The van der Waals surface area contributed by atoms with Gasteiger partial charge in [-0.3, -0.25) is 9.98 Å². The number of hydrogen-bond acceptors (Lipinski definition) is 10. The Balaban J connectivity index is 0.000000170. The van der Waals surface area contributed by atoms with Gasteiger partial charge in [-0.25, -0.2) is 24.9 Å². The van der Waals surface area contributed by atoms with Crippen LogP contribution in [0.1, 0.15) is 102 Å². The summed E-state index contributed by atoms with van der Waals surface area (Å²) in [6.45, 7) is 10.7. The molecule has 4 aromatic rings. The molecule has 278 valence electrons. The second-order valence-electron chi connectivity index (χ2n) is 14.2. The highest BCUT2D eigenvalue weighted by Crippen LogP contribution is 2.42.